The van der Waals surface area contributed by atoms with Gasteiger partial charge in [-0.1, -0.05) is 17.7 Å². The molecule has 1 aromatic heterocycles. The molecule has 2 aromatic rings. The summed E-state index contributed by atoms with van der Waals surface area (Å²) in [5, 5.41) is 4.75. The molecule has 1 aromatic carbocycles. The van der Waals surface area contributed by atoms with E-state index in [2.05, 4.69) is 15.3 Å². The van der Waals surface area contributed by atoms with Crippen LogP contribution in [0.1, 0.15) is 18.2 Å². The Hall–Kier alpha value is -1.39. The van der Waals surface area contributed by atoms with Crippen LogP contribution in [0.2, 0.25) is 5.02 Å². The molecular formula is C12H13ClN4. The van der Waals surface area contributed by atoms with Gasteiger partial charge in [-0.15, -0.1) is 0 Å². The van der Waals surface area contributed by atoms with Gasteiger partial charge in [-0.25, -0.2) is 9.97 Å². The predicted molar refractivity (Wildman–Crippen MR) is 69.2 cm³/mol. The van der Waals surface area contributed by atoms with Crippen LogP contribution in [0, 0.1) is 0 Å². The molecule has 88 valence electrons. The third-order valence-corrected chi connectivity index (χ3v) is 3.45. The van der Waals surface area contributed by atoms with Crippen LogP contribution in [0.25, 0.3) is 10.9 Å². The van der Waals surface area contributed by atoms with Crippen LogP contribution < -0.4 is 11.1 Å². The lowest BCUT2D eigenvalue weighted by atomic mass is 10.1. The molecular weight excluding hydrogens is 236 g/mol. The van der Waals surface area contributed by atoms with E-state index in [1.807, 2.05) is 18.2 Å². The summed E-state index contributed by atoms with van der Waals surface area (Å²) in [4.78, 5) is 8.95. The lowest BCUT2D eigenvalue weighted by molar-refractivity contribution is 0.709. The molecule has 0 amide bonds. The Kier molecular flexibility index (Phi) is 2.61. The molecule has 17 heavy (non-hydrogen) atoms. The van der Waals surface area contributed by atoms with Crippen molar-refractivity contribution in [2.24, 2.45) is 0 Å². The number of nitrogens with one attached hydrogen (secondary N) is 1. The van der Waals surface area contributed by atoms with Crippen molar-refractivity contribution in [3.8, 4) is 0 Å². The van der Waals surface area contributed by atoms with Crippen molar-refractivity contribution in [2.45, 2.75) is 12.3 Å². The number of aromatic nitrogens is 2. The average Bonchev–Trinajstić information content (AvgIpc) is 2.84. The fraction of sp³-hybridized carbons (Fsp3) is 0.333. The van der Waals surface area contributed by atoms with Crippen molar-refractivity contribution in [3.05, 3.63) is 29.0 Å². The highest BCUT2D eigenvalue weighted by molar-refractivity contribution is 6.35. The smallest absolute Gasteiger partial charge is 0.135 e. The second kappa shape index (κ2) is 4.13. The van der Waals surface area contributed by atoms with Crippen LogP contribution in [-0.4, -0.2) is 23.1 Å². The molecule has 5 heteroatoms. The molecule has 1 fully saturated rings. The normalized spacial score (nSPS) is 19.9. The zero-order chi connectivity index (χ0) is 11.8. The molecule has 0 aliphatic carbocycles. The summed E-state index contributed by atoms with van der Waals surface area (Å²) in [5.41, 5.74) is 6.72. The molecule has 1 atom stereocenters. The molecule has 2 heterocycles. The summed E-state index contributed by atoms with van der Waals surface area (Å²) < 4.78 is 0. The van der Waals surface area contributed by atoms with E-state index in [9.17, 15) is 0 Å². The largest absolute Gasteiger partial charge is 0.383 e. The van der Waals surface area contributed by atoms with E-state index in [0.717, 1.165) is 36.2 Å². The predicted octanol–water partition coefficient (Wildman–Crippen LogP) is 1.94. The number of nitrogens with zero attached hydrogens (tertiary/aromatic N) is 2. The van der Waals surface area contributed by atoms with Gasteiger partial charge in [0.2, 0.25) is 0 Å². The van der Waals surface area contributed by atoms with E-state index in [1.54, 1.807) is 0 Å². The molecule has 4 nitrogen and oxygen atoms in total. The maximum absolute atomic E-state index is 6.15. The second-order valence-electron chi connectivity index (χ2n) is 4.29. The Balaban J connectivity index is 2.18. The highest BCUT2D eigenvalue weighted by Crippen LogP contribution is 2.28. The maximum atomic E-state index is 6.15. The zero-order valence-corrected chi connectivity index (χ0v) is 10.0. The lowest BCUT2D eigenvalue weighted by Crippen LogP contribution is -2.11. The Morgan fingerprint density at radius 1 is 1.35 bits per heavy atom. The van der Waals surface area contributed by atoms with E-state index < -0.39 is 0 Å². The van der Waals surface area contributed by atoms with Crippen molar-refractivity contribution in [3.63, 3.8) is 0 Å². The Morgan fingerprint density at radius 2 is 2.24 bits per heavy atom. The third kappa shape index (κ3) is 1.83. The molecule has 0 spiro atoms. The van der Waals surface area contributed by atoms with Gasteiger partial charge in [-0.3, -0.25) is 0 Å². The Bertz CT molecular complexity index is 564. The number of nitrogen functional groups attached to an aromatic ring is 1. The number of nitrogens with two attached hydrogens (primary N) is 1. The van der Waals surface area contributed by atoms with E-state index in [0.29, 0.717) is 16.8 Å². The first-order chi connectivity index (χ1) is 8.25. The molecule has 0 radical (unpaired) electrons. The molecule has 3 rings (SSSR count). The molecule has 3 N–H and O–H groups in total. The van der Waals surface area contributed by atoms with Gasteiger partial charge in [0, 0.05) is 17.8 Å². The van der Waals surface area contributed by atoms with Crippen LogP contribution in [0.5, 0.6) is 0 Å². The minimum Gasteiger partial charge on any atom is -0.383 e. The van der Waals surface area contributed by atoms with Gasteiger partial charge in [0.25, 0.3) is 0 Å². The second-order valence-corrected chi connectivity index (χ2v) is 4.70. The van der Waals surface area contributed by atoms with Gasteiger partial charge in [-0.05, 0) is 25.1 Å². The fourth-order valence-corrected chi connectivity index (χ4v) is 2.43. The van der Waals surface area contributed by atoms with Crippen LogP contribution in [0.4, 0.5) is 5.82 Å². The number of anilines is 1. The van der Waals surface area contributed by atoms with Crippen LogP contribution in [0.3, 0.4) is 0 Å². The number of fused-ring (bicyclic) bond motifs is 1. The van der Waals surface area contributed by atoms with Gasteiger partial charge in [0.15, 0.2) is 0 Å². The molecule has 1 unspecified atom stereocenters. The minimum absolute atomic E-state index is 0.345. The van der Waals surface area contributed by atoms with Gasteiger partial charge in [0.1, 0.15) is 11.6 Å². The number of rotatable bonds is 1. The first-order valence-corrected chi connectivity index (χ1v) is 6.06. The molecule has 1 aliphatic heterocycles. The summed E-state index contributed by atoms with van der Waals surface area (Å²) in [6.45, 7) is 1.92. The quantitative estimate of drug-likeness (QED) is 0.810. The first-order valence-electron chi connectivity index (χ1n) is 5.68. The van der Waals surface area contributed by atoms with Gasteiger partial charge < -0.3 is 11.1 Å². The molecule has 1 aliphatic rings. The van der Waals surface area contributed by atoms with Crippen molar-refractivity contribution in [1.82, 2.24) is 15.3 Å². The third-order valence-electron chi connectivity index (χ3n) is 3.15. The SMILES string of the molecule is Nc1nc(C2CCNC2)nc2c(Cl)cccc12. The van der Waals surface area contributed by atoms with Crippen molar-refractivity contribution in [2.75, 3.05) is 18.8 Å². The van der Waals surface area contributed by atoms with E-state index >= 15 is 0 Å². The van der Waals surface area contributed by atoms with Crippen LogP contribution in [0.15, 0.2) is 18.2 Å². The zero-order valence-electron chi connectivity index (χ0n) is 9.28. The first kappa shape index (κ1) is 10.7. The standard InChI is InChI=1S/C12H13ClN4/c13-9-3-1-2-8-10(9)16-12(17-11(8)14)7-4-5-15-6-7/h1-3,7,15H,4-6H2,(H2,14,16,17). The maximum Gasteiger partial charge on any atom is 0.135 e. The number of para-hydroxylation sites is 1. The highest BCUT2D eigenvalue weighted by Gasteiger charge is 2.20. The summed E-state index contributed by atoms with van der Waals surface area (Å²) in [6, 6.07) is 5.58. The summed E-state index contributed by atoms with van der Waals surface area (Å²) in [6.07, 6.45) is 1.05. The van der Waals surface area contributed by atoms with Gasteiger partial charge in [0.05, 0.1) is 10.5 Å². The topological polar surface area (TPSA) is 63.8 Å². The summed E-state index contributed by atoms with van der Waals surface area (Å²) in [7, 11) is 0. The number of hydrogen-bond donors (Lipinski definition) is 2. The molecule has 1 saturated heterocycles. The van der Waals surface area contributed by atoms with Gasteiger partial charge >= 0.3 is 0 Å². The Morgan fingerprint density at radius 3 is 3.00 bits per heavy atom. The summed E-state index contributed by atoms with van der Waals surface area (Å²) in [5.74, 6) is 1.66. The lowest BCUT2D eigenvalue weighted by Gasteiger charge is -2.10. The summed E-state index contributed by atoms with van der Waals surface area (Å²) >= 11 is 6.15. The fourth-order valence-electron chi connectivity index (χ4n) is 2.22. The highest BCUT2D eigenvalue weighted by atomic mass is 35.5. The monoisotopic (exact) mass is 248 g/mol. The molecule has 0 bridgehead atoms. The van der Waals surface area contributed by atoms with Gasteiger partial charge in [-0.2, -0.15) is 0 Å². The van der Waals surface area contributed by atoms with Crippen LogP contribution >= 0.6 is 11.6 Å². The van der Waals surface area contributed by atoms with E-state index in [-0.39, 0.29) is 0 Å². The van der Waals surface area contributed by atoms with E-state index in [1.165, 1.54) is 0 Å². The number of benzene rings is 1. The van der Waals surface area contributed by atoms with Crippen molar-refractivity contribution < 1.29 is 0 Å². The molecule has 0 saturated carbocycles. The van der Waals surface area contributed by atoms with Crippen LogP contribution in [-0.2, 0) is 0 Å². The minimum atomic E-state index is 0.345. The number of halogens is 1. The Labute approximate surface area is 104 Å². The van der Waals surface area contributed by atoms with E-state index in [4.69, 9.17) is 17.3 Å². The van der Waals surface area contributed by atoms with Crippen molar-refractivity contribution in [1.29, 1.82) is 0 Å². The van der Waals surface area contributed by atoms with Crippen molar-refractivity contribution >= 4 is 28.3 Å². The number of hydrogen-bond acceptors (Lipinski definition) is 4. The average molecular weight is 249 g/mol.